The van der Waals surface area contributed by atoms with Gasteiger partial charge in [0.05, 0.1) is 15.8 Å². The SMILES string of the molecule is O=C(NC[C@H](NC1Cc2ccccc2C1)C(=O)Nc1ccc(N2CCOCC2=O)cc1)c1ccc(Cl)s1. The van der Waals surface area contributed by atoms with Gasteiger partial charge in [-0.2, -0.15) is 0 Å². The summed E-state index contributed by atoms with van der Waals surface area (Å²) in [6, 6.07) is 18.2. The standard InChI is InChI=1S/C27H27ClN4O4S/c28-24-10-9-23(37-24)27(35)29-15-22(30-20-13-17-3-1-2-4-18(17)14-20)26(34)31-19-5-7-21(8-6-19)32-11-12-36-16-25(32)33/h1-10,20,22,30H,11-16H2,(H,29,35)(H,31,34)/t22-/m0/s1. The van der Waals surface area contributed by atoms with Crippen molar-refractivity contribution in [1.29, 1.82) is 0 Å². The molecule has 1 aromatic heterocycles. The van der Waals surface area contributed by atoms with E-state index in [2.05, 4.69) is 28.1 Å². The first-order valence-electron chi connectivity index (χ1n) is 12.1. The van der Waals surface area contributed by atoms with Crippen LogP contribution >= 0.6 is 22.9 Å². The summed E-state index contributed by atoms with van der Waals surface area (Å²) in [4.78, 5) is 40.2. The average Bonchev–Trinajstić information content (AvgIpc) is 3.53. The van der Waals surface area contributed by atoms with Gasteiger partial charge < -0.3 is 25.6 Å². The molecule has 8 nitrogen and oxygen atoms in total. The van der Waals surface area contributed by atoms with E-state index >= 15 is 0 Å². The van der Waals surface area contributed by atoms with E-state index in [0.29, 0.717) is 28.1 Å². The lowest BCUT2D eigenvalue weighted by Crippen LogP contribution is -2.52. The molecule has 192 valence electrons. The lowest BCUT2D eigenvalue weighted by molar-refractivity contribution is -0.125. The summed E-state index contributed by atoms with van der Waals surface area (Å²) < 4.78 is 5.72. The van der Waals surface area contributed by atoms with Gasteiger partial charge in [0, 0.05) is 30.5 Å². The fraction of sp³-hybridized carbons (Fsp3) is 0.296. The number of hydrogen-bond donors (Lipinski definition) is 3. The Kier molecular flexibility index (Phi) is 7.85. The van der Waals surface area contributed by atoms with Crippen molar-refractivity contribution in [3.05, 3.63) is 81.0 Å². The topological polar surface area (TPSA) is 99.8 Å². The van der Waals surface area contributed by atoms with Crippen molar-refractivity contribution in [2.24, 2.45) is 0 Å². The number of thiophene rings is 1. The highest BCUT2D eigenvalue weighted by Gasteiger charge is 2.28. The first-order valence-corrected chi connectivity index (χ1v) is 13.3. The summed E-state index contributed by atoms with van der Waals surface area (Å²) in [5.74, 6) is -0.617. The van der Waals surface area contributed by atoms with E-state index in [1.54, 1.807) is 41.3 Å². The molecule has 3 N–H and O–H groups in total. The third-order valence-electron chi connectivity index (χ3n) is 6.50. The van der Waals surface area contributed by atoms with Crippen molar-refractivity contribution in [3.8, 4) is 0 Å². The van der Waals surface area contributed by atoms with Crippen LogP contribution in [0, 0.1) is 0 Å². The number of ether oxygens (including phenoxy) is 1. The minimum atomic E-state index is -0.654. The van der Waals surface area contributed by atoms with Gasteiger partial charge >= 0.3 is 0 Å². The summed E-state index contributed by atoms with van der Waals surface area (Å²) in [6.07, 6.45) is 1.63. The summed E-state index contributed by atoms with van der Waals surface area (Å²) in [5, 5.41) is 9.26. The smallest absolute Gasteiger partial charge is 0.261 e. The van der Waals surface area contributed by atoms with Crippen LogP contribution in [0.1, 0.15) is 20.8 Å². The Bertz CT molecular complexity index is 1270. The molecule has 1 saturated heterocycles. The second kappa shape index (κ2) is 11.4. The molecular weight excluding hydrogens is 512 g/mol. The number of fused-ring (bicyclic) bond motifs is 1. The van der Waals surface area contributed by atoms with E-state index in [-0.39, 0.29) is 36.9 Å². The van der Waals surface area contributed by atoms with Crippen LogP contribution in [0.25, 0.3) is 0 Å². The number of hydrogen-bond acceptors (Lipinski definition) is 6. The number of morpholine rings is 1. The zero-order valence-corrected chi connectivity index (χ0v) is 21.6. The molecule has 1 fully saturated rings. The molecule has 2 aliphatic rings. The van der Waals surface area contributed by atoms with Crippen LogP contribution in [-0.4, -0.2) is 56.1 Å². The van der Waals surface area contributed by atoms with Crippen molar-refractivity contribution < 1.29 is 19.1 Å². The summed E-state index contributed by atoms with van der Waals surface area (Å²) in [5.41, 5.74) is 3.90. The molecule has 0 saturated carbocycles. The maximum atomic E-state index is 13.3. The minimum absolute atomic E-state index is 0.0697. The van der Waals surface area contributed by atoms with Crippen molar-refractivity contribution in [3.63, 3.8) is 0 Å². The normalized spacial score (nSPS) is 16.4. The van der Waals surface area contributed by atoms with Crippen molar-refractivity contribution in [2.45, 2.75) is 24.9 Å². The molecule has 2 heterocycles. The Morgan fingerprint density at radius 2 is 1.78 bits per heavy atom. The van der Waals surface area contributed by atoms with Crippen LogP contribution in [0.2, 0.25) is 4.34 Å². The summed E-state index contributed by atoms with van der Waals surface area (Å²) >= 11 is 7.16. The molecule has 0 unspecified atom stereocenters. The quantitative estimate of drug-likeness (QED) is 0.409. The van der Waals surface area contributed by atoms with E-state index in [1.165, 1.54) is 22.5 Å². The number of carbonyl (C=O) groups excluding carboxylic acids is 3. The second-order valence-electron chi connectivity index (χ2n) is 9.04. The maximum absolute atomic E-state index is 13.3. The van der Waals surface area contributed by atoms with E-state index in [0.717, 1.165) is 18.5 Å². The van der Waals surface area contributed by atoms with Crippen molar-refractivity contribution in [1.82, 2.24) is 10.6 Å². The third-order valence-corrected chi connectivity index (χ3v) is 7.73. The molecule has 1 atom stereocenters. The Hall–Kier alpha value is -3.24. The molecule has 10 heteroatoms. The number of nitrogens with zero attached hydrogens (tertiary/aromatic N) is 1. The summed E-state index contributed by atoms with van der Waals surface area (Å²) in [6.45, 7) is 1.18. The van der Waals surface area contributed by atoms with Crippen molar-refractivity contribution in [2.75, 3.05) is 36.5 Å². The first kappa shape index (κ1) is 25.4. The van der Waals surface area contributed by atoms with Crippen molar-refractivity contribution >= 4 is 52.0 Å². The number of rotatable bonds is 8. The van der Waals surface area contributed by atoms with Gasteiger partial charge in [0.2, 0.25) is 5.91 Å². The van der Waals surface area contributed by atoms with Gasteiger partial charge in [-0.25, -0.2) is 0 Å². The number of benzene rings is 2. The molecule has 37 heavy (non-hydrogen) atoms. The fourth-order valence-electron chi connectivity index (χ4n) is 4.65. The molecule has 1 aliphatic carbocycles. The Morgan fingerprint density at radius 3 is 2.43 bits per heavy atom. The Morgan fingerprint density at radius 1 is 1.05 bits per heavy atom. The summed E-state index contributed by atoms with van der Waals surface area (Å²) in [7, 11) is 0. The van der Waals surface area contributed by atoms with Crippen LogP contribution < -0.4 is 20.9 Å². The highest BCUT2D eigenvalue weighted by molar-refractivity contribution is 7.18. The lowest BCUT2D eigenvalue weighted by atomic mass is 10.1. The van der Waals surface area contributed by atoms with Crippen LogP contribution in [-0.2, 0) is 27.2 Å². The van der Waals surface area contributed by atoms with Crippen LogP contribution in [0.5, 0.6) is 0 Å². The molecule has 0 bridgehead atoms. The largest absolute Gasteiger partial charge is 0.370 e. The van der Waals surface area contributed by atoms with Gasteiger partial charge in [0.1, 0.15) is 12.6 Å². The van der Waals surface area contributed by atoms with E-state index < -0.39 is 6.04 Å². The number of nitrogens with one attached hydrogen (secondary N) is 3. The predicted octanol–water partition coefficient (Wildman–Crippen LogP) is 3.26. The molecule has 0 radical (unpaired) electrons. The zero-order chi connectivity index (χ0) is 25.8. The van der Waals surface area contributed by atoms with Crippen LogP contribution in [0.4, 0.5) is 11.4 Å². The van der Waals surface area contributed by atoms with Crippen LogP contribution in [0.3, 0.4) is 0 Å². The second-order valence-corrected chi connectivity index (χ2v) is 10.8. The van der Waals surface area contributed by atoms with Gasteiger partial charge in [-0.05, 0) is 60.4 Å². The van der Waals surface area contributed by atoms with Gasteiger partial charge in [0.25, 0.3) is 11.8 Å². The fourth-order valence-corrected chi connectivity index (χ4v) is 5.61. The molecule has 3 amide bonds. The van der Waals surface area contributed by atoms with Crippen LogP contribution in [0.15, 0.2) is 60.7 Å². The predicted molar refractivity (Wildman–Crippen MR) is 144 cm³/mol. The molecule has 2 aromatic carbocycles. The number of anilines is 2. The molecular formula is C27H27ClN4O4S. The van der Waals surface area contributed by atoms with Gasteiger partial charge in [-0.3, -0.25) is 14.4 Å². The molecule has 0 spiro atoms. The third kappa shape index (κ3) is 6.19. The van der Waals surface area contributed by atoms with Gasteiger partial charge in [-0.15, -0.1) is 11.3 Å². The van der Waals surface area contributed by atoms with Gasteiger partial charge in [0.15, 0.2) is 0 Å². The highest BCUT2D eigenvalue weighted by atomic mass is 35.5. The Balaban J connectivity index is 1.25. The molecule has 5 rings (SSSR count). The number of amides is 3. The number of halogens is 1. The van der Waals surface area contributed by atoms with E-state index in [4.69, 9.17) is 16.3 Å². The molecule has 3 aromatic rings. The minimum Gasteiger partial charge on any atom is -0.370 e. The Labute approximate surface area is 223 Å². The lowest BCUT2D eigenvalue weighted by Gasteiger charge is -2.27. The number of carbonyl (C=O) groups is 3. The monoisotopic (exact) mass is 538 g/mol. The maximum Gasteiger partial charge on any atom is 0.261 e. The van der Waals surface area contributed by atoms with Gasteiger partial charge in [-0.1, -0.05) is 35.9 Å². The molecule has 1 aliphatic heterocycles. The highest BCUT2D eigenvalue weighted by Crippen LogP contribution is 2.24. The average molecular weight is 539 g/mol. The first-order chi connectivity index (χ1) is 18.0. The zero-order valence-electron chi connectivity index (χ0n) is 20.0. The van der Waals surface area contributed by atoms with E-state index in [1.807, 2.05) is 12.1 Å². The van der Waals surface area contributed by atoms with E-state index in [9.17, 15) is 14.4 Å².